The molecule has 0 unspecified atom stereocenters. The molecule has 4 nitrogen and oxygen atoms in total. The van der Waals surface area contributed by atoms with E-state index in [0.29, 0.717) is 10.7 Å². The highest BCUT2D eigenvalue weighted by molar-refractivity contribution is 7.99. The first kappa shape index (κ1) is 12.6. The van der Waals surface area contributed by atoms with Crippen molar-refractivity contribution in [2.45, 2.75) is 23.8 Å². The Bertz CT molecular complexity index is 595. The maximum absolute atomic E-state index is 7.49. The molecule has 0 saturated heterocycles. The number of aromatic nitrogens is 2. The van der Waals surface area contributed by atoms with Gasteiger partial charge < -0.3 is 5.73 Å². The number of benzene rings is 1. The van der Waals surface area contributed by atoms with Gasteiger partial charge in [-0.1, -0.05) is 29.5 Å². The van der Waals surface area contributed by atoms with Crippen LogP contribution in [0.5, 0.6) is 0 Å². The lowest BCUT2D eigenvalue weighted by atomic mass is 10.2. The Hall–Kier alpha value is -1.88. The minimum Gasteiger partial charge on any atom is -0.382 e. The fraction of sp³-hybridized carbons (Fsp3) is 0.154. The van der Waals surface area contributed by atoms with Crippen molar-refractivity contribution in [2.75, 3.05) is 0 Å². The highest BCUT2D eigenvalue weighted by Crippen LogP contribution is 2.30. The molecule has 0 fully saturated rings. The third-order valence-electron chi connectivity index (χ3n) is 2.46. The van der Waals surface area contributed by atoms with E-state index in [9.17, 15) is 0 Å². The largest absolute Gasteiger partial charge is 0.382 e. The zero-order chi connectivity index (χ0) is 13.1. The maximum Gasteiger partial charge on any atom is 0.144 e. The average molecular weight is 258 g/mol. The second-order valence-corrected chi connectivity index (χ2v) is 5.03. The van der Waals surface area contributed by atoms with E-state index in [-0.39, 0.29) is 5.84 Å². The molecule has 0 saturated carbocycles. The predicted octanol–water partition coefficient (Wildman–Crippen LogP) is 2.53. The van der Waals surface area contributed by atoms with Crippen LogP contribution in [-0.2, 0) is 0 Å². The summed E-state index contributed by atoms with van der Waals surface area (Å²) in [4.78, 5) is 9.43. The van der Waals surface area contributed by atoms with Crippen molar-refractivity contribution in [1.29, 1.82) is 5.41 Å². The van der Waals surface area contributed by atoms with E-state index in [0.717, 1.165) is 4.90 Å². The first-order valence-corrected chi connectivity index (χ1v) is 6.30. The molecule has 92 valence electrons. The fourth-order valence-corrected chi connectivity index (χ4v) is 2.54. The van der Waals surface area contributed by atoms with Gasteiger partial charge in [0.15, 0.2) is 0 Å². The summed E-state index contributed by atoms with van der Waals surface area (Å²) in [6, 6.07) is 6.22. The van der Waals surface area contributed by atoms with E-state index >= 15 is 0 Å². The van der Waals surface area contributed by atoms with Crippen molar-refractivity contribution in [3.63, 3.8) is 0 Å². The number of amidine groups is 1. The van der Waals surface area contributed by atoms with Gasteiger partial charge in [-0.2, -0.15) is 0 Å². The molecule has 2 rings (SSSR count). The molecule has 0 aliphatic rings. The fourth-order valence-electron chi connectivity index (χ4n) is 1.60. The predicted molar refractivity (Wildman–Crippen MR) is 73.1 cm³/mol. The summed E-state index contributed by atoms with van der Waals surface area (Å²) in [5.41, 5.74) is 8.34. The Morgan fingerprint density at radius 2 is 1.94 bits per heavy atom. The van der Waals surface area contributed by atoms with Gasteiger partial charge in [-0.05, 0) is 25.5 Å². The number of hydrogen-bond donors (Lipinski definition) is 2. The second kappa shape index (κ2) is 5.18. The monoisotopic (exact) mass is 258 g/mol. The number of nitrogens with two attached hydrogens (primary N) is 1. The molecule has 1 aromatic carbocycles. The summed E-state index contributed by atoms with van der Waals surface area (Å²) in [5.74, 6) is -0.0598. The molecular formula is C13H14N4S. The maximum atomic E-state index is 7.49. The molecule has 5 heteroatoms. The Kier molecular flexibility index (Phi) is 3.62. The topological polar surface area (TPSA) is 75.7 Å². The molecule has 0 radical (unpaired) electrons. The number of nitrogens with one attached hydrogen (secondary N) is 1. The SMILES string of the molecule is Cc1ccc(Sc2nccnc2C(=N)N)c(C)c1. The summed E-state index contributed by atoms with van der Waals surface area (Å²) < 4.78 is 0. The molecule has 0 bridgehead atoms. The molecule has 0 atom stereocenters. The van der Waals surface area contributed by atoms with Crippen molar-refractivity contribution >= 4 is 17.6 Å². The van der Waals surface area contributed by atoms with E-state index < -0.39 is 0 Å². The van der Waals surface area contributed by atoms with Gasteiger partial charge in [0.05, 0.1) is 0 Å². The molecule has 0 spiro atoms. The minimum absolute atomic E-state index is 0.0598. The molecule has 18 heavy (non-hydrogen) atoms. The molecule has 1 aromatic heterocycles. The molecule has 3 N–H and O–H groups in total. The Balaban J connectivity index is 2.37. The standard InChI is InChI=1S/C13H14N4S/c1-8-3-4-10(9(2)7-8)18-13-11(12(14)15)16-5-6-17-13/h3-7H,1-2H3,(H3,14,15). The lowest BCUT2D eigenvalue weighted by Crippen LogP contribution is -2.15. The number of hydrogen-bond acceptors (Lipinski definition) is 4. The van der Waals surface area contributed by atoms with Gasteiger partial charge >= 0.3 is 0 Å². The molecule has 0 aliphatic carbocycles. The number of nitrogen functional groups attached to an aromatic ring is 1. The van der Waals surface area contributed by atoms with E-state index in [2.05, 4.69) is 35.9 Å². The molecular weight excluding hydrogens is 244 g/mol. The zero-order valence-corrected chi connectivity index (χ0v) is 11.1. The van der Waals surface area contributed by atoms with Crippen molar-refractivity contribution in [3.05, 3.63) is 47.4 Å². The van der Waals surface area contributed by atoms with Crippen molar-refractivity contribution < 1.29 is 0 Å². The first-order valence-electron chi connectivity index (χ1n) is 5.48. The van der Waals surface area contributed by atoms with E-state index in [1.807, 2.05) is 6.07 Å². The number of nitrogens with zero attached hydrogens (tertiary/aromatic N) is 2. The lowest BCUT2D eigenvalue weighted by molar-refractivity contribution is 1.03. The Labute approximate surface area is 110 Å². The highest BCUT2D eigenvalue weighted by Gasteiger charge is 2.10. The summed E-state index contributed by atoms with van der Waals surface area (Å²) in [6.07, 6.45) is 3.15. The quantitative estimate of drug-likeness (QED) is 0.655. The average Bonchev–Trinajstić information content (AvgIpc) is 2.33. The molecule has 0 aliphatic heterocycles. The van der Waals surface area contributed by atoms with E-state index in [1.165, 1.54) is 22.9 Å². The summed E-state index contributed by atoms with van der Waals surface area (Å²) in [7, 11) is 0. The van der Waals surface area contributed by atoms with Gasteiger partial charge in [0, 0.05) is 17.3 Å². The lowest BCUT2D eigenvalue weighted by Gasteiger charge is -2.08. The summed E-state index contributed by atoms with van der Waals surface area (Å²) >= 11 is 1.48. The van der Waals surface area contributed by atoms with Crippen LogP contribution in [0, 0.1) is 19.3 Å². The Morgan fingerprint density at radius 3 is 2.61 bits per heavy atom. The normalized spacial score (nSPS) is 10.3. The van der Waals surface area contributed by atoms with Crippen LogP contribution in [-0.4, -0.2) is 15.8 Å². The van der Waals surface area contributed by atoms with Gasteiger partial charge in [0.25, 0.3) is 0 Å². The molecule has 2 aromatic rings. The highest BCUT2D eigenvalue weighted by atomic mass is 32.2. The molecule has 0 amide bonds. The smallest absolute Gasteiger partial charge is 0.144 e. The minimum atomic E-state index is -0.0598. The second-order valence-electron chi connectivity index (χ2n) is 3.99. The van der Waals surface area contributed by atoms with Crippen LogP contribution in [0.15, 0.2) is 40.5 Å². The number of aryl methyl sites for hydroxylation is 2. The van der Waals surface area contributed by atoms with Crippen LogP contribution < -0.4 is 5.73 Å². The number of rotatable bonds is 3. The van der Waals surface area contributed by atoms with Crippen LogP contribution in [0.2, 0.25) is 0 Å². The van der Waals surface area contributed by atoms with Crippen LogP contribution >= 0.6 is 11.8 Å². The third-order valence-corrected chi connectivity index (χ3v) is 3.63. The van der Waals surface area contributed by atoms with Crippen molar-refractivity contribution in [2.24, 2.45) is 5.73 Å². The van der Waals surface area contributed by atoms with Gasteiger partial charge in [0.1, 0.15) is 16.6 Å². The summed E-state index contributed by atoms with van der Waals surface area (Å²) in [5, 5.41) is 8.16. The van der Waals surface area contributed by atoms with Crippen molar-refractivity contribution in [1.82, 2.24) is 9.97 Å². The van der Waals surface area contributed by atoms with Crippen LogP contribution in [0.25, 0.3) is 0 Å². The van der Waals surface area contributed by atoms with E-state index in [4.69, 9.17) is 11.1 Å². The Morgan fingerprint density at radius 1 is 1.22 bits per heavy atom. The van der Waals surface area contributed by atoms with Gasteiger partial charge in [-0.25, -0.2) is 9.97 Å². The summed E-state index contributed by atoms with van der Waals surface area (Å²) in [6.45, 7) is 4.11. The van der Waals surface area contributed by atoms with Gasteiger partial charge in [0.2, 0.25) is 0 Å². The van der Waals surface area contributed by atoms with Crippen molar-refractivity contribution in [3.8, 4) is 0 Å². The molecule has 1 heterocycles. The van der Waals surface area contributed by atoms with Crippen LogP contribution in [0.4, 0.5) is 0 Å². The first-order chi connectivity index (χ1) is 8.58. The zero-order valence-electron chi connectivity index (χ0n) is 10.3. The van der Waals surface area contributed by atoms with Gasteiger partial charge in [-0.3, -0.25) is 5.41 Å². The van der Waals surface area contributed by atoms with E-state index in [1.54, 1.807) is 12.4 Å². The van der Waals surface area contributed by atoms with Gasteiger partial charge in [-0.15, -0.1) is 0 Å². The third kappa shape index (κ3) is 2.68. The van der Waals surface area contributed by atoms with Crippen LogP contribution in [0.3, 0.4) is 0 Å². The van der Waals surface area contributed by atoms with Crippen LogP contribution in [0.1, 0.15) is 16.8 Å².